The SMILES string of the molecule is CCS(=O)(=O)N1CCC(NC(=O)C(Cc2ccccc2)NC(C)=O)CC1. The summed E-state index contributed by atoms with van der Waals surface area (Å²) in [6.07, 6.45) is 1.56. The van der Waals surface area contributed by atoms with E-state index in [0.717, 1.165) is 5.56 Å². The molecular formula is C18H27N3O4S. The van der Waals surface area contributed by atoms with Crippen molar-refractivity contribution in [1.82, 2.24) is 14.9 Å². The van der Waals surface area contributed by atoms with Gasteiger partial charge in [0, 0.05) is 32.5 Å². The second-order valence-electron chi connectivity index (χ2n) is 6.53. The van der Waals surface area contributed by atoms with Crippen LogP contribution >= 0.6 is 0 Å². The molecule has 1 heterocycles. The molecule has 1 fully saturated rings. The molecule has 0 bridgehead atoms. The van der Waals surface area contributed by atoms with Crippen molar-refractivity contribution in [1.29, 1.82) is 0 Å². The topological polar surface area (TPSA) is 95.6 Å². The Morgan fingerprint density at radius 2 is 1.81 bits per heavy atom. The summed E-state index contributed by atoms with van der Waals surface area (Å²) >= 11 is 0. The van der Waals surface area contributed by atoms with E-state index >= 15 is 0 Å². The predicted octanol–water partition coefficient (Wildman–Crippen LogP) is 0.664. The highest BCUT2D eigenvalue weighted by Crippen LogP contribution is 2.15. The van der Waals surface area contributed by atoms with Crippen LogP contribution in [0.25, 0.3) is 0 Å². The van der Waals surface area contributed by atoms with Crippen molar-refractivity contribution in [3.05, 3.63) is 35.9 Å². The summed E-state index contributed by atoms with van der Waals surface area (Å²) in [7, 11) is -3.18. The first-order valence-corrected chi connectivity index (χ1v) is 10.5. The molecule has 0 aromatic heterocycles. The van der Waals surface area contributed by atoms with E-state index in [0.29, 0.717) is 32.4 Å². The zero-order valence-corrected chi connectivity index (χ0v) is 16.1. The Balaban J connectivity index is 1.94. The minimum atomic E-state index is -3.18. The number of hydrogen-bond acceptors (Lipinski definition) is 4. The van der Waals surface area contributed by atoms with Crippen molar-refractivity contribution in [3.63, 3.8) is 0 Å². The van der Waals surface area contributed by atoms with Gasteiger partial charge in [0.25, 0.3) is 0 Å². The molecule has 0 spiro atoms. The lowest BCUT2D eigenvalue weighted by atomic mass is 10.0. The summed E-state index contributed by atoms with van der Waals surface area (Å²) in [5, 5.41) is 5.66. The third-order valence-electron chi connectivity index (χ3n) is 4.54. The van der Waals surface area contributed by atoms with Crippen LogP contribution in [-0.2, 0) is 26.0 Å². The molecule has 8 heteroatoms. The summed E-state index contributed by atoms with van der Waals surface area (Å²) in [6, 6.07) is 8.77. The smallest absolute Gasteiger partial charge is 0.243 e. The Kier molecular flexibility index (Phi) is 7.16. The normalized spacial score (nSPS) is 17.5. The Bertz CT molecular complexity index is 713. The Hall–Kier alpha value is -1.93. The lowest BCUT2D eigenvalue weighted by Gasteiger charge is -2.32. The summed E-state index contributed by atoms with van der Waals surface area (Å²) < 4.78 is 25.3. The number of benzene rings is 1. The van der Waals surface area contributed by atoms with Gasteiger partial charge in [-0.05, 0) is 25.3 Å². The van der Waals surface area contributed by atoms with Gasteiger partial charge in [-0.3, -0.25) is 9.59 Å². The van der Waals surface area contributed by atoms with Crippen molar-refractivity contribution in [2.24, 2.45) is 0 Å². The number of nitrogens with zero attached hydrogens (tertiary/aromatic N) is 1. The van der Waals surface area contributed by atoms with Crippen molar-refractivity contribution >= 4 is 21.8 Å². The van der Waals surface area contributed by atoms with E-state index in [2.05, 4.69) is 10.6 Å². The number of amides is 2. The van der Waals surface area contributed by atoms with Crippen LogP contribution in [0.5, 0.6) is 0 Å². The summed E-state index contributed by atoms with van der Waals surface area (Å²) in [5.41, 5.74) is 0.963. The lowest BCUT2D eigenvalue weighted by molar-refractivity contribution is -0.128. The highest BCUT2D eigenvalue weighted by Gasteiger charge is 2.29. The third kappa shape index (κ3) is 5.81. The second kappa shape index (κ2) is 9.14. The standard InChI is InChI=1S/C18H27N3O4S/c1-3-26(24,25)21-11-9-16(10-12-21)20-18(23)17(19-14(2)22)13-15-7-5-4-6-8-15/h4-8,16-17H,3,9-13H2,1-2H3,(H,19,22)(H,20,23). The second-order valence-corrected chi connectivity index (χ2v) is 8.78. The molecular weight excluding hydrogens is 354 g/mol. The van der Waals surface area contributed by atoms with Gasteiger partial charge in [0.15, 0.2) is 0 Å². The number of nitrogens with one attached hydrogen (secondary N) is 2. The molecule has 0 radical (unpaired) electrons. The minimum Gasteiger partial charge on any atom is -0.351 e. The Morgan fingerprint density at radius 1 is 1.19 bits per heavy atom. The molecule has 0 aliphatic carbocycles. The Labute approximate surface area is 155 Å². The van der Waals surface area contributed by atoms with Crippen LogP contribution in [-0.4, -0.2) is 55.5 Å². The van der Waals surface area contributed by atoms with Gasteiger partial charge in [0.2, 0.25) is 21.8 Å². The predicted molar refractivity (Wildman–Crippen MR) is 99.9 cm³/mol. The molecule has 0 saturated carbocycles. The van der Waals surface area contributed by atoms with Gasteiger partial charge in [-0.15, -0.1) is 0 Å². The highest BCUT2D eigenvalue weighted by atomic mass is 32.2. The number of hydrogen-bond donors (Lipinski definition) is 2. The van der Waals surface area contributed by atoms with Crippen LogP contribution < -0.4 is 10.6 Å². The molecule has 1 aliphatic rings. The van der Waals surface area contributed by atoms with Crippen LogP contribution in [0.15, 0.2) is 30.3 Å². The summed E-state index contributed by atoms with van der Waals surface area (Å²) in [4.78, 5) is 24.1. The minimum absolute atomic E-state index is 0.0853. The molecule has 144 valence electrons. The molecule has 1 aromatic carbocycles. The molecule has 1 unspecified atom stereocenters. The summed E-state index contributed by atoms with van der Waals surface area (Å²) in [5.74, 6) is -0.406. The molecule has 1 saturated heterocycles. The first-order chi connectivity index (χ1) is 12.3. The molecule has 2 N–H and O–H groups in total. The lowest BCUT2D eigenvalue weighted by Crippen LogP contribution is -2.53. The fourth-order valence-electron chi connectivity index (χ4n) is 3.07. The average Bonchev–Trinajstić information content (AvgIpc) is 2.62. The van der Waals surface area contributed by atoms with E-state index in [1.165, 1.54) is 11.2 Å². The van der Waals surface area contributed by atoms with Gasteiger partial charge < -0.3 is 10.6 Å². The largest absolute Gasteiger partial charge is 0.351 e. The van der Waals surface area contributed by atoms with E-state index in [1.807, 2.05) is 30.3 Å². The van der Waals surface area contributed by atoms with Crippen LogP contribution in [0.1, 0.15) is 32.3 Å². The van der Waals surface area contributed by atoms with Crippen molar-refractivity contribution in [2.75, 3.05) is 18.8 Å². The first kappa shape index (κ1) is 20.4. The summed E-state index contributed by atoms with van der Waals surface area (Å²) in [6.45, 7) is 3.83. The monoisotopic (exact) mass is 381 g/mol. The molecule has 26 heavy (non-hydrogen) atoms. The average molecular weight is 381 g/mol. The van der Waals surface area contributed by atoms with Crippen LogP contribution in [0.3, 0.4) is 0 Å². The van der Waals surface area contributed by atoms with Crippen molar-refractivity contribution < 1.29 is 18.0 Å². The van der Waals surface area contributed by atoms with E-state index in [4.69, 9.17) is 0 Å². The fourth-order valence-corrected chi connectivity index (χ4v) is 4.20. The number of piperidine rings is 1. The molecule has 7 nitrogen and oxygen atoms in total. The maximum Gasteiger partial charge on any atom is 0.243 e. The van der Waals surface area contributed by atoms with Crippen molar-refractivity contribution in [3.8, 4) is 0 Å². The highest BCUT2D eigenvalue weighted by molar-refractivity contribution is 7.89. The zero-order chi connectivity index (χ0) is 19.2. The van der Waals surface area contributed by atoms with Gasteiger partial charge in [0.05, 0.1) is 5.75 Å². The van der Waals surface area contributed by atoms with Crippen LogP contribution in [0, 0.1) is 0 Å². The molecule has 2 rings (SSSR count). The van der Waals surface area contributed by atoms with Gasteiger partial charge in [-0.25, -0.2) is 12.7 Å². The van der Waals surface area contributed by atoms with E-state index in [1.54, 1.807) is 6.92 Å². The van der Waals surface area contributed by atoms with Gasteiger partial charge >= 0.3 is 0 Å². The number of carbonyl (C=O) groups is 2. The van der Waals surface area contributed by atoms with Crippen LogP contribution in [0.2, 0.25) is 0 Å². The quantitative estimate of drug-likeness (QED) is 0.725. The first-order valence-electron chi connectivity index (χ1n) is 8.91. The molecule has 1 aliphatic heterocycles. The molecule has 2 amide bonds. The van der Waals surface area contributed by atoms with E-state index < -0.39 is 16.1 Å². The fraction of sp³-hybridized carbons (Fsp3) is 0.556. The van der Waals surface area contributed by atoms with Gasteiger partial charge in [-0.2, -0.15) is 0 Å². The van der Waals surface area contributed by atoms with E-state index in [-0.39, 0.29) is 23.6 Å². The maximum atomic E-state index is 12.6. The molecule has 1 aromatic rings. The number of carbonyl (C=O) groups excluding carboxylic acids is 2. The number of sulfonamides is 1. The third-order valence-corrected chi connectivity index (χ3v) is 6.42. The van der Waals surface area contributed by atoms with Crippen LogP contribution in [0.4, 0.5) is 0 Å². The van der Waals surface area contributed by atoms with Gasteiger partial charge in [-0.1, -0.05) is 30.3 Å². The molecule has 1 atom stereocenters. The number of rotatable bonds is 7. The van der Waals surface area contributed by atoms with Crippen molar-refractivity contribution in [2.45, 2.75) is 45.2 Å². The van der Waals surface area contributed by atoms with Gasteiger partial charge in [0.1, 0.15) is 6.04 Å². The van der Waals surface area contributed by atoms with E-state index in [9.17, 15) is 18.0 Å². The maximum absolute atomic E-state index is 12.6. The zero-order valence-electron chi connectivity index (χ0n) is 15.3. The Morgan fingerprint density at radius 3 is 2.35 bits per heavy atom.